The van der Waals surface area contributed by atoms with Gasteiger partial charge in [0.15, 0.2) is 0 Å². The van der Waals surface area contributed by atoms with Crippen molar-refractivity contribution in [2.75, 3.05) is 0 Å². The molecule has 0 saturated heterocycles. The molecule has 1 aliphatic rings. The summed E-state index contributed by atoms with van der Waals surface area (Å²) in [6.45, 7) is 0. The zero-order valence-electron chi connectivity index (χ0n) is 26.2. The Bertz CT molecular complexity index is 2950. The molecule has 2 heteroatoms. The number of furan rings is 2. The second-order valence-electron chi connectivity index (χ2n) is 12.7. The summed E-state index contributed by atoms with van der Waals surface area (Å²) in [6.07, 6.45) is 11.2. The topological polar surface area (TPSA) is 26.3 Å². The highest BCUT2D eigenvalue weighted by atomic mass is 16.3. The summed E-state index contributed by atoms with van der Waals surface area (Å²) in [5.74, 6) is 0. The van der Waals surface area contributed by atoms with Gasteiger partial charge in [-0.2, -0.15) is 0 Å². The fourth-order valence-corrected chi connectivity index (χ4v) is 7.61. The molecular weight excluding hydrogens is 585 g/mol. The van der Waals surface area contributed by atoms with Crippen molar-refractivity contribution < 1.29 is 8.83 Å². The van der Waals surface area contributed by atoms with Crippen molar-refractivity contribution in [1.29, 1.82) is 0 Å². The monoisotopic (exact) mass is 614 g/mol. The summed E-state index contributed by atoms with van der Waals surface area (Å²) in [5.41, 5.74) is 8.36. The van der Waals surface area contributed by atoms with Crippen molar-refractivity contribution in [3.63, 3.8) is 0 Å². The van der Waals surface area contributed by atoms with Crippen LogP contribution in [0.25, 0.3) is 76.6 Å². The van der Waals surface area contributed by atoms with Gasteiger partial charge < -0.3 is 8.83 Å². The molecule has 0 bridgehead atoms. The number of rotatable bonds is 2. The maximum absolute atomic E-state index is 6.61. The van der Waals surface area contributed by atoms with Gasteiger partial charge in [0.25, 0.3) is 0 Å². The molecule has 0 N–H and O–H groups in total. The van der Waals surface area contributed by atoms with E-state index in [0.717, 1.165) is 67.5 Å². The zero-order valence-corrected chi connectivity index (χ0v) is 26.2. The maximum atomic E-state index is 6.61. The summed E-state index contributed by atoms with van der Waals surface area (Å²) in [6, 6.07) is 47.8. The van der Waals surface area contributed by atoms with Crippen molar-refractivity contribution in [3.05, 3.63) is 179 Å². The maximum Gasteiger partial charge on any atom is 0.143 e. The highest BCUT2D eigenvalue weighted by molar-refractivity contribution is 6.22. The Labute approximate surface area is 276 Å². The second kappa shape index (κ2) is 10.7. The van der Waals surface area contributed by atoms with E-state index in [9.17, 15) is 0 Å². The molecule has 10 rings (SSSR count). The average molecular weight is 615 g/mol. The van der Waals surface area contributed by atoms with E-state index in [1.807, 2.05) is 18.2 Å². The lowest BCUT2D eigenvalue weighted by Crippen LogP contribution is -2.29. The molecule has 0 amide bonds. The van der Waals surface area contributed by atoms with E-state index in [1.165, 1.54) is 43.5 Å². The fraction of sp³-hybridized carbons (Fsp3) is 0.0435. The highest BCUT2D eigenvalue weighted by Gasteiger charge is 2.19. The number of benzene rings is 7. The first-order valence-corrected chi connectivity index (χ1v) is 16.7. The average Bonchev–Trinajstić information content (AvgIpc) is 3.70. The molecule has 2 nitrogen and oxygen atoms in total. The first-order chi connectivity index (χ1) is 23.8. The van der Waals surface area contributed by atoms with Crippen LogP contribution in [0.4, 0.5) is 0 Å². The molecule has 2 aromatic heterocycles. The predicted octanol–water partition coefficient (Wildman–Crippen LogP) is 11.1. The normalized spacial score (nSPS) is 15.6. The molecule has 48 heavy (non-hydrogen) atoms. The van der Waals surface area contributed by atoms with Gasteiger partial charge in [-0.25, -0.2) is 0 Å². The van der Waals surface area contributed by atoms with Gasteiger partial charge in [0, 0.05) is 26.9 Å². The van der Waals surface area contributed by atoms with E-state index < -0.39 is 0 Å². The van der Waals surface area contributed by atoms with Crippen LogP contribution in [0.15, 0.2) is 167 Å². The summed E-state index contributed by atoms with van der Waals surface area (Å²) in [7, 11) is 0. The van der Waals surface area contributed by atoms with E-state index >= 15 is 0 Å². The largest absolute Gasteiger partial charge is 0.456 e. The van der Waals surface area contributed by atoms with Crippen molar-refractivity contribution >= 4 is 76.6 Å². The Kier molecular flexibility index (Phi) is 6.04. The van der Waals surface area contributed by atoms with E-state index in [0.29, 0.717) is 0 Å². The van der Waals surface area contributed by atoms with E-state index in [2.05, 4.69) is 140 Å². The predicted molar refractivity (Wildman–Crippen MR) is 201 cm³/mol. The van der Waals surface area contributed by atoms with Gasteiger partial charge in [0.2, 0.25) is 0 Å². The van der Waals surface area contributed by atoms with Gasteiger partial charge >= 0.3 is 0 Å². The van der Waals surface area contributed by atoms with Crippen LogP contribution in [0.1, 0.15) is 24.0 Å². The van der Waals surface area contributed by atoms with E-state index in [4.69, 9.17) is 8.83 Å². The van der Waals surface area contributed by atoms with Crippen molar-refractivity contribution in [2.45, 2.75) is 12.8 Å². The summed E-state index contributed by atoms with van der Waals surface area (Å²) in [4.78, 5) is 0. The lowest BCUT2D eigenvalue weighted by molar-refractivity contribution is 0.667. The Morgan fingerprint density at radius 3 is 1.83 bits per heavy atom. The minimum absolute atomic E-state index is 0.867. The third-order valence-corrected chi connectivity index (χ3v) is 9.90. The highest BCUT2D eigenvalue weighted by Crippen LogP contribution is 2.41. The Morgan fingerprint density at radius 1 is 0.396 bits per heavy atom. The van der Waals surface area contributed by atoms with Crippen molar-refractivity contribution in [2.24, 2.45) is 0 Å². The van der Waals surface area contributed by atoms with Crippen molar-refractivity contribution in [1.82, 2.24) is 0 Å². The number of para-hydroxylation sites is 2. The summed E-state index contributed by atoms with van der Waals surface area (Å²) >= 11 is 0. The summed E-state index contributed by atoms with van der Waals surface area (Å²) < 4.78 is 13.0. The molecule has 0 atom stereocenters. The molecule has 2 heterocycles. The number of allylic oxidation sites excluding steroid dienone is 4. The molecule has 0 saturated carbocycles. The number of hydrogen-bond acceptors (Lipinski definition) is 2. The zero-order chi connectivity index (χ0) is 31.6. The van der Waals surface area contributed by atoms with Gasteiger partial charge in [-0.1, -0.05) is 121 Å². The van der Waals surface area contributed by atoms with E-state index in [1.54, 1.807) is 0 Å². The first-order valence-electron chi connectivity index (χ1n) is 16.7. The third-order valence-electron chi connectivity index (χ3n) is 9.90. The summed E-state index contributed by atoms with van der Waals surface area (Å²) in [5, 5.41) is 11.6. The van der Waals surface area contributed by atoms with Gasteiger partial charge in [0.05, 0.1) is 0 Å². The molecule has 0 radical (unpaired) electrons. The van der Waals surface area contributed by atoms with Crippen LogP contribution in [-0.4, -0.2) is 0 Å². The molecule has 9 aromatic rings. The van der Waals surface area contributed by atoms with Gasteiger partial charge in [-0.15, -0.1) is 0 Å². The molecule has 7 aromatic carbocycles. The van der Waals surface area contributed by atoms with Crippen LogP contribution in [-0.2, 0) is 0 Å². The van der Waals surface area contributed by atoms with E-state index in [-0.39, 0.29) is 0 Å². The molecular formula is C46H30O2. The fourth-order valence-electron chi connectivity index (χ4n) is 7.61. The smallest absolute Gasteiger partial charge is 0.143 e. The third kappa shape index (κ3) is 4.19. The number of hydrogen-bond donors (Lipinski definition) is 0. The van der Waals surface area contributed by atoms with Crippen LogP contribution in [0.3, 0.4) is 0 Å². The lowest BCUT2D eigenvalue weighted by Gasteiger charge is -2.13. The van der Waals surface area contributed by atoms with Crippen molar-refractivity contribution in [3.8, 4) is 0 Å². The Morgan fingerprint density at radius 2 is 1.02 bits per heavy atom. The van der Waals surface area contributed by atoms with Crippen LogP contribution in [0.5, 0.6) is 0 Å². The Hall–Kier alpha value is -6.12. The Balaban J connectivity index is 1.39. The standard InChI is InChI=1S/C46H30O2/c1-2-4-16-35(34-18-8-7-17-33(34)32(15-3-1)31-24-23-29-13-5-6-14-30(29)25-31)38-27-41-37-20-10-12-22-44(37)48-46(41)42-28-45-40(26-39(38)42)36-19-9-11-21-43(36)47-45/h3-28H,1-2H2/b15-3?,16-4+,33-32?,35-34+. The van der Waals surface area contributed by atoms with Crippen LogP contribution < -0.4 is 10.4 Å². The van der Waals surface area contributed by atoms with Gasteiger partial charge in [-0.05, 0) is 98.1 Å². The van der Waals surface area contributed by atoms with Crippen LogP contribution in [0, 0.1) is 0 Å². The van der Waals surface area contributed by atoms with Crippen LogP contribution >= 0.6 is 0 Å². The van der Waals surface area contributed by atoms with Crippen LogP contribution in [0.2, 0.25) is 0 Å². The van der Waals surface area contributed by atoms with Gasteiger partial charge in [-0.3, -0.25) is 0 Å². The number of fused-ring (bicyclic) bond motifs is 10. The second-order valence-corrected chi connectivity index (χ2v) is 12.7. The molecule has 0 unspecified atom stereocenters. The lowest BCUT2D eigenvalue weighted by atomic mass is 9.90. The minimum atomic E-state index is 0.867. The quantitative estimate of drug-likeness (QED) is 0.194. The minimum Gasteiger partial charge on any atom is -0.456 e. The molecule has 0 fully saturated rings. The van der Waals surface area contributed by atoms with Gasteiger partial charge in [0.1, 0.15) is 22.3 Å². The molecule has 226 valence electrons. The SMILES string of the molecule is C1=CC(c2ccc3ccccc3c2)=c2cccc/c2=C(c2cc3c4ccccc4oc3c3cc4oc5ccccc5c4cc23)/C=C/CC1. The first kappa shape index (κ1) is 27.0. The molecule has 0 spiro atoms. The molecule has 0 aliphatic heterocycles. The molecule has 1 aliphatic carbocycles.